The zero-order valence-corrected chi connectivity index (χ0v) is 7.19. The van der Waals surface area contributed by atoms with E-state index in [2.05, 4.69) is 4.98 Å². The maximum Gasteiger partial charge on any atom is 0.273 e. The molecule has 0 saturated carbocycles. The van der Waals surface area contributed by atoms with Gasteiger partial charge in [-0.25, -0.2) is 4.98 Å². The third kappa shape index (κ3) is 2.22. The topological polar surface area (TPSA) is 73.1 Å². The van der Waals surface area contributed by atoms with Crippen LogP contribution in [0.1, 0.15) is 16.2 Å². The molecule has 1 aromatic rings. The van der Waals surface area contributed by atoms with Gasteiger partial charge in [-0.15, -0.1) is 11.6 Å². The predicted octanol–water partition coefficient (Wildman–Crippen LogP) is 1.54. The molecule has 68 valence electrons. The van der Waals surface area contributed by atoms with Crippen LogP contribution in [-0.2, 0) is 5.88 Å². The monoisotopic (exact) mass is 200 g/mol. The van der Waals surface area contributed by atoms with E-state index < -0.39 is 4.92 Å². The molecule has 5 nitrogen and oxygen atoms in total. The standard InChI is InChI=1S/C7H5ClN2O3/c8-3-5-1-7(10(12)13)2-6(4-11)9-5/h1-2,4H,3H2. The van der Waals surface area contributed by atoms with Gasteiger partial charge in [-0.3, -0.25) is 14.9 Å². The van der Waals surface area contributed by atoms with Crippen LogP contribution in [0.15, 0.2) is 12.1 Å². The van der Waals surface area contributed by atoms with Gasteiger partial charge in [0.2, 0.25) is 0 Å². The summed E-state index contributed by atoms with van der Waals surface area (Å²) in [6.45, 7) is 0. The molecule has 0 fully saturated rings. The number of rotatable bonds is 3. The molecule has 0 amide bonds. The molecule has 0 aliphatic rings. The SMILES string of the molecule is O=Cc1cc([N+](=O)[O-])cc(CCl)n1. The number of pyridine rings is 1. The van der Waals surface area contributed by atoms with E-state index in [0.717, 1.165) is 6.07 Å². The fourth-order valence-corrected chi connectivity index (χ4v) is 0.965. The lowest BCUT2D eigenvalue weighted by Gasteiger charge is -1.96. The highest BCUT2D eigenvalue weighted by atomic mass is 35.5. The van der Waals surface area contributed by atoms with Gasteiger partial charge >= 0.3 is 0 Å². The van der Waals surface area contributed by atoms with Crippen molar-refractivity contribution in [1.29, 1.82) is 0 Å². The number of carbonyl (C=O) groups excluding carboxylic acids is 1. The number of carbonyl (C=O) groups is 1. The second-order valence-corrected chi connectivity index (χ2v) is 2.52. The lowest BCUT2D eigenvalue weighted by atomic mass is 10.3. The maximum absolute atomic E-state index is 10.4. The Kier molecular flexibility index (Phi) is 2.92. The van der Waals surface area contributed by atoms with Gasteiger partial charge in [0.15, 0.2) is 6.29 Å². The fourth-order valence-electron chi connectivity index (χ4n) is 0.828. The Hall–Kier alpha value is -1.49. The molecular weight excluding hydrogens is 196 g/mol. The number of alkyl halides is 1. The molecule has 0 atom stereocenters. The first kappa shape index (κ1) is 9.60. The van der Waals surface area contributed by atoms with Gasteiger partial charge in [-0.2, -0.15) is 0 Å². The minimum Gasteiger partial charge on any atom is -0.296 e. The number of aldehydes is 1. The normalized spacial score (nSPS) is 9.62. The molecule has 0 radical (unpaired) electrons. The van der Waals surface area contributed by atoms with Crippen molar-refractivity contribution in [2.24, 2.45) is 0 Å². The van der Waals surface area contributed by atoms with Crippen LogP contribution in [-0.4, -0.2) is 16.2 Å². The number of halogens is 1. The Morgan fingerprint density at radius 1 is 1.62 bits per heavy atom. The highest BCUT2D eigenvalue weighted by Gasteiger charge is 2.09. The largest absolute Gasteiger partial charge is 0.296 e. The summed E-state index contributed by atoms with van der Waals surface area (Å²) >= 11 is 5.43. The van der Waals surface area contributed by atoms with E-state index in [4.69, 9.17) is 11.6 Å². The molecule has 0 saturated heterocycles. The van der Waals surface area contributed by atoms with E-state index in [1.54, 1.807) is 0 Å². The van der Waals surface area contributed by atoms with E-state index in [-0.39, 0.29) is 17.3 Å². The van der Waals surface area contributed by atoms with Crippen molar-refractivity contribution in [1.82, 2.24) is 4.98 Å². The predicted molar refractivity (Wildman–Crippen MR) is 45.8 cm³/mol. The molecule has 0 spiro atoms. The fraction of sp³-hybridized carbons (Fsp3) is 0.143. The molecule has 6 heteroatoms. The molecular formula is C7H5ClN2O3. The molecule has 0 N–H and O–H groups in total. The van der Waals surface area contributed by atoms with Gasteiger partial charge in [0.05, 0.1) is 16.5 Å². The van der Waals surface area contributed by atoms with Crippen molar-refractivity contribution in [3.8, 4) is 0 Å². The second-order valence-electron chi connectivity index (χ2n) is 2.25. The Morgan fingerprint density at radius 3 is 2.77 bits per heavy atom. The Bertz CT molecular complexity index is 354. The smallest absolute Gasteiger partial charge is 0.273 e. The first-order valence-corrected chi connectivity index (χ1v) is 3.87. The average Bonchev–Trinajstić information content (AvgIpc) is 2.16. The second kappa shape index (κ2) is 3.95. The van der Waals surface area contributed by atoms with Crippen LogP contribution in [0, 0.1) is 10.1 Å². The van der Waals surface area contributed by atoms with Crippen LogP contribution in [0.3, 0.4) is 0 Å². The van der Waals surface area contributed by atoms with Gasteiger partial charge in [0.1, 0.15) is 5.69 Å². The molecule has 0 unspecified atom stereocenters. The summed E-state index contributed by atoms with van der Waals surface area (Å²) in [6.07, 6.45) is 0.447. The number of nitro groups is 1. The Morgan fingerprint density at radius 2 is 2.31 bits per heavy atom. The quantitative estimate of drug-likeness (QED) is 0.321. The third-order valence-corrected chi connectivity index (χ3v) is 1.63. The summed E-state index contributed by atoms with van der Waals surface area (Å²) in [6, 6.07) is 2.34. The molecule has 0 aliphatic heterocycles. The number of hydrogen-bond acceptors (Lipinski definition) is 4. The van der Waals surface area contributed by atoms with Crippen molar-refractivity contribution < 1.29 is 9.72 Å². The van der Waals surface area contributed by atoms with Crippen LogP contribution in [0.2, 0.25) is 0 Å². The molecule has 13 heavy (non-hydrogen) atoms. The maximum atomic E-state index is 10.4. The molecule has 1 heterocycles. The third-order valence-electron chi connectivity index (χ3n) is 1.35. The number of hydrogen-bond donors (Lipinski definition) is 0. The van der Waals surface area contributed by atoms with Crippen molar-refractivity contribution in [2.45, 2.75) is 5.88 Å². The lowest BCUT2D eigenvalue weighted by Crippen LogP contribution is -1.96. The van der Waals surface area contributed by atoms with E-state index in [0.29, 0.717) is 12.0 Å². The summed E-state index contributed by atoms with van der Waals surface area (Å²) in [7, 11) is 0. The van der Waals surface area contributed by atoms with E-state index in [1.165, 1.54) is 6.07 Å². The minimum atomic E-state index is -0.593. The summed E-state index contributed by atoms with van der Waals surface area (Å²) in [5.74, 6) is 0.0442. The Balaban J connectivity index is 3.22. The molecule has 0 aliphatic carbocycles. The van der Waals surface area contributed by atoms with Crippen LogP contribution >= 0.6 is 11.6 Å². The minimum absolute atomic E-state index is 0.0184. The highest BCUT2D eigenvalue weighted by Crippen LogP contribution is 2.14. The lowest BCUT2D eigenvalue weighted by molar-refractivity contribution is -0.385. The molecule has 0 bridgehead atoms. The first-order valence-electron chi connectivity index (χ1n) is 3.34. The van der Waals surface area contributed by atoms with E-state index >= 15 is 0 Å². The molecule has 1 rings (SSSR count). The average molecular weight is 201 g/mol. The van der Waals surface area contributed by atoms with Gasteiger partial charge in [-0.1, -0.05) is 0 Å². The zero-order chi connectivity index (χ0) is 9.84. The van der Waals surface area contributed by atoms with Gasteiger partial charge < -0.3 is 0 Å². The number of aromatic nitrogens is 1. The number of nitrogens with zero attached hydrogens (tertiary/aromatic N) is 2. The first-order chi connectivity index (χ1) is 6.17. The van der Waals surface area contributed by atoms with Crippen LogP contribution in [0.5, 0.6) is 0 Å². The summed E-state index contributed by atoms with van der Waals surface area (Å²) in [4.78, 5) is 23.8. The van der Waals surface area contributed by atoms with Crippen LogP contribution < -0.4 is 0 Å². The molecule has 1 aromatic heterocycles. The van der Waals surface area contributed by atoms with Crippen molar-refractivity contribution in [2.75, 3.05) is 0 Å². The highest BCUT2D eigenvalue weighted by molar-refractivity contribution is 6.16. The summed E-state index contributed by atoms with van der Waals surface area (Å²) in [5, 5.41) is 10.4. The summed E-state index contributed by atoms with van der Waals surface area (Å²) < 4.78 is 0. The van der Waals surface area contributed by atoms with Gasteiger partial charge in [0, 0.05) is 12.1 Å². The molecule has 0 aromatic carbocycles. The van der Waals surface area contributed by atoms with Crippen LogP contribution in [0.4, 0.5) is 5.69 Å². The van der Waals surface area contributed by atoms with Gasteiger partial charge in [0.25, 0.3) is 5.69 Å². The van der Waals surface area contributed by atoms with E-state index in [9.17, 15) is 14.9 Å². The zero-order valence-electron chi connectivity index (χ0n) is 6.44. The van der Waals surface area contributed by atoms with Crippen molar-refractivity contribution >= 4 is 23.6 Å². The van der Waals surface area contributed by atoms with Crippen molar-refractivity contribution in [3.05, 3.63) is 33.6 Å². The van der Waals surface area contributed by atoms with Gasteiger partial charge in [-0.05, 0) is 0 Å². The Labute approximate surface area is 78.5 Å². The summed E-state index contributed by atoms with van der Waals surface area (Å²) in [5.41, 5.74) is 0.163. The van der Waals surface area contributed by atoms with Crippen molar-refractivity contribution in [3.63, 3.8) is 0 Å². The van der Waals surface area contributed by atoms with E-state index in [1.807, 2.05) is 0 Å². The van der Waals surface area contributed by atoms with Crippen LogP contribution in [0.25, 0.3) is 0 Å².